The van der Waals surface area contributed by atoms with Crippen LogP contribution in [0.1, 0.15) is 38.5 Å². The first-order chi connectivity index (χ1) is 12.7. The van der Waals surface area contributed by atoms with Gasteiger partial charge in [-0.05, 0) is 43.9 Å². The van der Waals surface area contributed by atoms with Gasteiger partial charge >= 0.3 is 16.4 Å². The first kappa shape index (κ1) is 17.7. The van der Waals surface area contributed by atoms with E-state index < -0.39 is 28.5 Å². The highest BCUT2D eigenvalue weighted by Gasteiger charge is 2.56. The van der Waals surface area contributed by atoms with Crippen LogP contribution in [0.5, 0.6) is 0 Å². The SMILES string of the molecule is O=C(NC1CC2(C1)CN(C1CC1)C2)[C@H]1CC[C@@H]2CN1C(=O)N2OS(=O)(=O)O. The smallest absolute Gasteiger partial charge is 0.352 e. The highest BCUT2D eigenvalue weighted by atomic mass is 32.3. The molecular weight excluding hydrogens is 376 g/mol. The molecule has 0 aromatic carbocycles. The molecule has 2 N–H and O–H groups in total. The van der Waals surface area contributed by atoms with E-state index in [4.69, 9.17) is 4.55 Å². The second-order valence-electron chi connectivity index (χ2n) is 8.76. The molecule has 2 bridgehead atoms. The number of hydroxylamine groups is 2. The lowest BCUT2D eigenvalue weighted by Gasteiger charge is -2.59. The molecule has 2 atom stereocenters. The molecule has 27 heavy (non-hydrogen) atoms. The van der Waals surface area contributed by atoms with Crippen LogP contribution in [0.4, 0.5) is 4.79 Å². The zero-order valence-corrected chi connectivity index (χ0v) is 15.7. The van der Waals surface area contributed by atoms with Gasteiger partial charge in [0, 0.05) is 31.7 Å². The fourth-order valence-corrected chi connectivity index (χ4v) is 5.65. The molecule has 5 fully saturated rings. The first-order valence-corrected chi connectivity index (χ1v) is 10.9. The molecule has 3 heterocycles. The van der Waals surface area contributed by atoms with Gasteiger partial charge in [-0.3, -0.25) is 14.2 Å². The maximum absolute atomic E-state index is 12.7. The van der Waals surface area contributed by atoms with Crippen molar-refractivity contribution in [3.63, 3.8) is 0 Å². The molecule has 2 aliphatic carbocycles. The first-order valence-electron chi connectivity index (χ1n) is 9.54. The Morgan fingerprint density at radius 3 is 2.44 bits per heavy atom. The Balaban J connectivity index is 1.15. The fraction of sp³-hybridized carbons (Fsp3) is 0.875. The number of rotatable bonds is 5. The van der Waals surface area contributed by atoms with Crippen molar-refractivity contribution in [3.05, 3.63) is 0 Å². The number of urea groups is 1. The predicted molar refractivity (Wildman–Crippen MR) is 91.6 cm³/mol. The summed E-state index contributed by atoms with van der Waals surface area (Å²) in [5, 5.41) is 3.73. The van der Waals surface area contributed by atoms with Crippen molar-refractivity contribution in [2.24, 2.45) is 5.41 Å². The Kier molecular flexibility index (Phi) is 3.78. The van der Waals surface area contributed by atoms with Crippen LogP contribution >= 0.6 is 0 Å². The Bertz CT molecular complexity index is 770. The maximum atomic E-state index is 12.7. The van der Waals surface area contributed by atoms with Gasteiger partial charge in [-0.25, -0.2) is 4.79 Å². The monoisotopic (exact) mass is 400 g/mol. The van der Waals surface area contributed by atoms with Crippen LogP contribution in [0.25, 0.3) is 0 Å². The summed E-state index contributed by atoms with van der Waals surface area (Å²) in [6.07, 6.45) is 5.51. The van der Waals surface area contributed by atoms with Crippen LogP contribution in [0.2, 0.25) is 0 Å². The molecule has 3 aliphatic heterocycles. The van der Waals surface area contributed by atoms with Crippen molar-refractivity contribution >= 4 is 22.3 Å². The molecule has 5 rings (SSSR count). The third-order valence-corrected chi connectivity index (χ3v) is 6.99. The Hall–Kier alpha value is -1.43. The van der Waals surface area contributed by atoms with E-state index >= 15 is 0 Å². The van der Waals surface area contributed by atoms with E-state index in [-0.39, 0.29) is 18.5 Å². The van der Waals surface area contributed by atoms with Gasteiger partial charge in [-0.1, -0.05) is 0 Å². The molecule has 2 saturated carbocycles. The summed E-state index contributed by atoms with van der Waals surface area (Å²) >= 11 is 0. The summed E-state index contributed by atoms with van der Waals surface area (Å²) in [7, 11) is -4.77. The Morgan fingerprint density at radius 2 is 1.81 bits per heavy atom. The predicted octanol–water partition coefficient (Wildman–Crippen LogP) is -0.268. The highest BCUT2D eigenvalue weighted by molar-refractivity contribution is 7.80. The summed E-state index contributed by atoms with van der Waals surface area (Å²) < 4.78 is 35.1. The van der Waals surface area contributed by atoms with Gasteiger partial charge in [0.25, 0.3) is 0 Å². The van der Waals surface area contributed by atoms with Crippen LogP contribution in [0, 0.1) is 5.41 Å². The number of carbonyl (C=O) groups is 2. The molecule has 3 amide bonds. The van der Waals surface area contributed by atoms with E-state index in [2.05, 4.69) is 14.5 Å². The van der Waals surface area contributed by atoms with Crippen LogP contribution in [-0.4, -0.2) is 83.6 Å². The van der Waals surface area contributed by atoms with Gasteiger partial charge in [0.1, 0.15) is 6.04 Å². The minimum atomic E-state index is -4.77. The summed E-state index contributed by atoms with van der Waals surface area (Å²) in [6.45, 7) is 2.50. The molecule has 10 nitrogen and oxygen atoms in total. The van der Waals surface area contributed by atoms with Gasteiger partial charge in [-0.2, -0.15) is 13.5 Å². The molecule has 3 saturated heterocycles. The minimum Gasteiger partial charge on any atom is -0.352 e. The number of piperidine rings is 1. The van der Waals surface area contributed by atoms with E-state index in [0.29, 0.717) is 23.3 Å². The topological polar surface area (TPSA) is 119 Å². The van der Waals surface area contributed by atoms with Crippen LogP contribution in [0.3, 0.4) is 0 Å². The van der Waals surface area contributed by atoms with Gasteiger partial charge in [-0.15, -0.1) is 4.28 Å². The second kappa shape index (κ2) is 5.79. The van der Waals surface area contributed by atoms with Crippen molar-refractivity contribution < 1.29 is 26.8 Å². The quantitative estimate of drug-likeness (QED) is 0.610. The van der Waals surface area contributed by atoms with Crippen molar-refractivity contribution in [1.82, 2.24) is 20.2 Å². The normalized spacial score (nSPS) is 33.1. The van der Waals surface area contributed by atoms with Gasteiger partial charge in [0.15, 0.2) is 0 Å². The second-order valence-corrected chi connectivity index (χ2v) is 9.76. The number of hydrogen-bond donors (Lipinski definition) is 2. The zero-order valence-electron chi connectivity index (χ0n) is 14.9. The number of fused-ring (bicyclic) bond motifs is 2. The third kappa shape index (κ3) is 3.10. The lowest BCUT2D eigenvalue weighted by molar-refractivity contribution is -0.132. The number of hydrogen-bond acceptors (Lipinski definition) is 6. The van der Waals surface area contributed by atoms with E-state index in [1.54, 1.807) is 0 Å². The van der Waals surface area contributed by atoms with Gasteiger partial charge in [0.2, 0.25) is 5.91 Å². The van der Waals surface area contributed by atoms with E-state index in [1.807, 2.05) is 0 Å². The van der Waals surface area contributed by atoms with E-state index in [9.17, 15) is 18.0 Å². The molecule has 0 aromatic rings. The summed E-state index contributed by atoms with van der Waals surface area (Å²) in [5.74, 6) is -0.186. The van der Waals surface area contributed by atoms with Crippen LogP contribution in [-0.2, 0) is 19.5 Å². The zero-order chi connectivity index (χ0) is 19.0. The molecular formula is C16H24N4O6S. The molecule has 0 radical (unpaired) electrons. The van der Waals surface area contributed by atoms with Gasteiger partial charge < -0.3 is 10.2 Å². The van der Waals surface area contributed by atoms with Crippen molar-refractivity contribution in [3.8, 4) is 0 Å². The third-order valence-electron chi connectivity index (χ3n) is 6.65. The molecule has 0 unspecified atom stereocenters. The van der Waals surface area contributed by atoms with Crippen LogP contribution in [0.15, 0.2) is 0 Å². The standard InChI is InChI=1S/C16H24N4O6S/c21-14(17-10-5-16(6-10)8-18(9-16)11-1-2-11)13-4-3-12-7-19(13)15(22)20(12)26-27(23,24)25/h10-13H,1-9H2,(H,17,21)(H,23,24,25)/t12-,13-/m1/s1. The van der Waals surface area contributed by atoms with Crippen LogP contribution < -0.4 is 5.32 Å². The van der Waals surface area contributed by atoms with Crippen molar-refractivity contribution in [2.75, 3.05) is 19.6 Å². The summed E-state index contributed by atoms with van der Waals surface area (Å²) in [5.41, 5.74) is 0.377. The average Bonchev–Trinajstić information content (AvgIpc) is 3.32. The van der Waals surface area contributed by atoms with Crippen molar-refractivity contribution in [1.29, 1.82) is 0 Å². The minimum absolute atomic E-state index is 0.152. The highest BCUT2D eigenvalue weighted by Crippen LogP contribution is 2.51. The van der Waals surface area contributed by atoms with Gasteiger partial charge in [0.05, 0.1) is 6.04 Å². The number of carbonyl (C=O) groups excluding carboxylic acids is 2. The summed E-state index contributed by atoms with van der Waals surface area (Å²) in [4.78, 5) is 28.9. The lowest BCUT2D eigenvalue weighted by Crippen LogP contribution is -2.67. The molecule has 150 valence electrons. The number of nitrogens with one attached hydrogen (secondary N) is 1. The maximum Gasteiger partial charge on any atom is 0.418 e. The Labute approximate surface area is 157 Å². The lowest BCUT2D eigenvalue weighted by atomic mass is 9.60. The van der Waals surface area contributed by atoms with Crippen molar-refractivity contribution in [2.45, 2.75) is 62.7 Å². The van der Waals surface area contributed by atoms with E-state index in [1.165, 1.54) is 17.7 Å². The number of amides is 3. The van der Waals surface area contributed by atoms with E-state index in [0.717, 1.165) is 32.0 Å². The Morgan fingerprint density at radius 1 is 1.15 bits per heavy atom. The largest absolute Gasteiger partial charge is 0.418 e. The average molecular weight is 400 g/mol. The fourth-order valence-electron chi connectivity index (χ4n) is 5.26. The molecule has 5 aliphatic rings. The summed E-state index contributed by atoms with van der Waals surface area (Å²) in [6, 6.07) is -0.837. The molecule has 11 heteroatoms. The number of likely N-dealkylation sites (tertiary alicyclic amines) is 1. The number of nitrogens with zero attached hydrogens (tertiary/aromatic N) is 3. The molecule has 1 spiro atoms. The molecule has 0 aromatic heterocycles.